The smallest absolute Gasteiger partial charge is 0.408 e. The van der Waals surface area contributed by atoms with Crippen LogP contribution in [0.3, 0.4) is 0 Å². The van der Waals surface area contributed by atoms with Gasteiger partial charge < -0.3 is 20.3 Å². The number of ether oxygens (including phenoxy) is 1. The van der Waals surface area contributed by atoms with E-state index >= 15 is 0 Å². The van der Waals surface area contributed by atoms with Crippen LogP contribution in [0.1, 0.15) is 112 Å². The molecule has 0 aliphatic carbocycles. The lowest BCUT2D eigenvalue weighted by Crippen LogP contribution is -2.58. The van der Waals surface area contributed by atoms with Crippen LogP contribution in [0, 0.1) is 25.7 Å². The summed E-state index contributed by atoms with van der Waals surface area (Å²) in [7, 11) is 0. The van der Waals surface area contributed by atoms with Gasteiger partial charge in [-0.2, -0.15) is 0 Å². The number of hydrogen-bond acceptors (Lipinski definition) is 4. The molecule has 3 amide bonds. The maximum atomic E-state index is 14.5. The van der Waals surface area contributed by atoms with Gasteiger partial charge in [0.15, 0.2) is 0 Å². The van der Waals surface area contributed by atoms with Crippen molar-refractivity contribution in [2.75, 3.05) is 0 Å². The number of rotatable bonds is 10. The average Bonchev–Trinajstić information content (AvgIpc) is 2.72. The molecule has 0 heterocycles. The van der Waals surface area contributed by atoms with Crippen LogP contribution in [0.2, 0.25) is 0 Å². The SMILES string of the molecule is Cc1cccc(C)c1C(C(=O)NC(C)(C)C)N(C(=O)C(NC(=O)OC(C)(C)C)C(C)C)C(C)CCC(C)C. The number of hydrogen-bond donors (Lipinski definition) is 2. The minimum atomic E-state index is -0.861. The Morgan fingerprint density at radius 2 is 1.42 bits per heavy atom. The molecule has 1 rings (SSSR count). The second-order valence-electron chi connectivity index (χ2n) is 13.4. The van der Waals surface area contributed by atoms with E-state index in [1.807, 2.05) is 73.6 Å². The zero-order chi connectivity index (χ0) is 29.6. The highest BCUT2D eigenvalue weighted by Crippen LogP contribution is 2.32. The topological polar surface area (TPSA) is 87.7 Å². The number of carbonyl (C=O) groups is 3. The van der Waals surface area contributed by atoms with Gasteiger partial charge in [0.1, 0.15) is 17.7 Å². The third kappa shape index (κ3) is 10.3. The molecule has 1 aromatic carbocycles. The van der Waals surface area contributed by atoms with Crippen molar-refractivity contribution in [3.63, 3.8) is 0 Å². The predicted molar refractivity (Wildman–Crippen MR) is 155 cm³/mol. The quantitative estimate of drug-likeness (QED) is 0.363. The molecule has 0 aliphatic heterocycles. The molecular formula is C31H53N3O4. The van der Waals surface area contributed by atoms with Gasteiger partial charge in [0.25, 0.3) is 0 Å². The normalized spacial score (nSPS) is 14.6. The second-order valence-corrected chi connectivity index (χ2v) is 13.4. The number of carbonyl (C=O) groups excluding carboxylic acids is 3. The number of alkyl carbamates (subject to hydrolysis) is 1. The van der Waals surface area contributed by atoms with Crippen molar-refractivity contribution in [3.8, 4) is 0 Å². The summed E-state index contributed by atoms with van der Waals surface area (Å²) in [5.74, 6) is -0.311. The highest BCUT2D eigenvalue weighted by molar-refractivity contribution is 5.93. The van der Waals surface area contributed by atoms with E-state index in [1.165, 1.54) is 0 Å². The van der Waals surface area contributed by atoms with Crippen LogP contribution in [0.4, 0.5) is 4.79 Å². The van der Waals surface area contributed by atoms with Crippen LogP contribution >= 0.6 is 0 Å². The van der Waals surface area contributed by atoms with Gasteiger partial charge >= 0.3 is 6.09 Å². The van der Waals surface area contributed by atoms with Gasteiger partial charge in [0.2, 0.25) is 11.8 Å². The average molecular weight is 532 g/mol. The maximum absolute atomic E-state index is 14.5. The molecule has 0 fully saturated rings. The first-order chi connectivity index (χ1) is 17.2. The Morgan fingerprint density at radius 3 is 1.84 bits per heavy atom. The number of amides is 3. The van der Waals surface area contributed by atoms with E-state index in [9.17, 15) is 14.4 Å². The van der Waals surface area contributed by atoms with Gasteiger partial charge in [-0.3, -0.25) is 9.59 Å². The predicted octanol–water partition coefficient (Wildman–Crippen LogP) is 6.46. The van der Waals surface area contributed by atoms with E-state index in [0.717, 1.165) is 29.5 Å². The van der Waals surface area contributed by atoms with Crippen molar-refractivity contribution in [1.82, 2.24) is 15.5 Å². The summed E-state index contributed by atoms with van der Waals surface area (Å²) in [6, 6.07) is 3.94. The van der Waals surface area contributed by atoms with E-state index in [-0.39, 0.29) is 23.8 Å². The maximum Gasteiger partial charge on any atom is 0.408 e. The summed E-state index contributed by atoms with van der Waals surface area (Å²) in [5, 5.41) is 5.93. The molecule has 3 unspecified atom stereocenters. The lowest BCUT2D eigenvalue weighted by atomic mass is 9.90. The van der Waals surface area contributed by atoms with Crippen molar-refractivity contribution in [3.05, 3.63) is 34.9 Å². The van der Waals surface area contributed by atoms with Crippen molar-refractivity contribution in [2.24, 2.45) is 11.8 Å². The summed E-state index contributed by atoms with van der Waals surface area (Å²) in [6.07, 6.45) is 0.976. The summed E-state index contributed by atoms with van der Waals surface area (Å²) in [6.45, 7) is 25.2. The van der Waals surface area contributed by atoms with Crippen LogP contribution in [-0.4, -0.2) is 46.0 Å². The van der Waals surface area contributed by atoms with Gasteiger partial charge in [-0.05, 0) is 104 Å². The Morgan fingerprint density at radius 1 is 0.895 bits per heavy atom. The highest BCUT2D eigenvalue weighted by Gasteiger charge is 2.41. The fourth-order valence-electron chi connectivity index (χ4n) is 4.51. The summed E-state index contributed by atoms with van der Waals surface area (Å²) >= 11 is 0. The van der Waals surface area contributed by atoms with Gasteiger partial charge in [0.05, 0.1) is 0 Å². The minimum absolute atomic E-state index is 0.223. The largest absolute Gasteiger partial charge is 0.444 e. The molecule has 1 aromatic rings. The zero-order valence-electron chi connectivity index (χ0n) is 26.1. The molecule has 0 aromatic heterocycles. The molecule has 38 heavy (non-hydrogen) atoms. The van der Waals surface area contributed by atoms with Gasteiger partial charge in [-0.15, -0.1) is 0 Å². The summed E-state index contributed by atoms with van der Waals surface area (Å²) < 4.78 is 5.48. The first kappa shape index (κ1) is 33.5. The van der Waals surface area contributed by atoms with Crippen LogP contribution in [0.15, 0.2) is 18.2 Å². The third-order valence-electron chi connectivity index (χ3n) is 6.34. The molecule has 0 saturated carbocycles. The molecule has 0 spiro atoms. The lowest BCUT2D eigenvalue weighted by Gasteiger charge is -2.41. The van der Waals surface area contributed by atoms with E-state index in [2.05, 4.69) is 24.5 Å². The first-order valence-corrected chi connectivity index (χ1v) is 13.9. The molecule has 0 aliphatic rings. The third-order valence-corrected chi connectivity index (χ3v) is 6.34. The molecule has 7 nitrogen and oxygen atoms in total. The highest BCUT2D eigenvalue weighted by atomic mass is 16.6. The number of nitrogens with one attached hydrogen (secondary N) is 2. The molecule has 2 N–H and O–H groups in total. The Bertz CT molecular complexity index is 937. The zero-order valence-corrected chi connectivity index (χ0v) is 26.1. The number of aryl methyl sites for hydroxylation is 2. The Labute approximate surface area is 231 Å². The van der Waals surface area contributed by atoms with Crippen LogP contribution in [0.5, 0.6) is 0 Å². The number of benzene rings is 1. The fourth-order valence-corrected chi connectivity index (χ4v) is 4.51. The van der Waals surface area contributed by atoms with E-state index < -0.39 is 29.3 Å². The molecule has 0 bridgehead atoms. The standard InChI is InChI=1S/C31H53N3O4/c1-19(2)17-18-23(7)34(28(36)25(20(3)4)32-29(37)38-31(11,12)13)26(27(35)33-30(8,9)10)24-21(5)15-14-16-22(24)6/h14-16,19-20,23,25-26H,17-18H2,1-13H3,(H,32,37)(H,33,35). The Kier molecular flexibility index (Phi) is 11.9. The van der Waals surface area contributed by atoms with Crippen LogP contribution in [0.25, 0.3) is 0 Å². The van der Waals surface area contributed by atoms with Gasteiger partial charge in [-0.1, -0.05) is 45.9 Å². The van der Waals surface area contributed by atoms with Crippen molar-refractivity contribution in [1.29, 1.82) is 0 Å². The van der Waals surface area contributed by atoms with E-state index in [4.69, 9.17) is 4.74 Å². The molecule has 0 radical (unpaired) electrons. The summed E-state index contributed by atoms with van der Waals surface area (Å²) in [5.41, 5.74) is 1.50. The molecule has 0 saturated heterocycles. The molecule has 216 valence electrons. The van der Waals surface area contributed by atoms with Crippen molar-refractivity contribution in [2.45, 2.75) is 132 Å². The molecule has 3 atom stereocenters. The van der Waals surface area contributed by atoms with Gasteiger partial charge in [-0.25, -0.2) is 4.79 Å². The Balaban J connectivity index is 3.75. The monoisotopic (exact) mass is 531 g/mol. The first-order valence-electron chi connectivity index (χ1n) is 13.9. The second kappa shape index (κ2) is 13.5. The molecular weight excluding hydrogens is 478 g/mol. The summed E-state index contributed by atoms with van der Waals surface area (Å²) in [4.78, 5) is 43.0. The van der Waals surface area contributed by atoms with E-state index in [0.29, 0.717) is 5.92 Å². The lowest BCUT2D eigenvalue weighted by molar-refractivity contribution is -0.146. The van der Waals surface area contributed by atoms with Crippen LogP contribution < -0.4 is 10.6 Å². The van der Waals surface area contributed by atoms with E-state index in [1.54, 1.807) is 25.7 Å². The Hall–Kier alpha value is -2.57. The van der Waals surface area contributed by atoms with Crippen LogP contribution in [-0.2, 0) is 14.3 Å². The number of nitrogens with zero attached hydrogens (tertiary/aromatic N) is 1. The fraction of sp³-hybridized carbons (Fsp3) is 0.710. The minimum Gasteiger partial charge on any atom is -0.444 e. The molecule has 7 heteroatoms. The van der Waals surface area contributed by atoms with Crippen molar-refractivity contribution >= 4 is 17.9 Å². The van der Waals surface area contributed by atoms with Gasteiger partial charge in [0, 0.05) is 11.6 Å². The van der Waals surface area contributed by atoms with Crippen molar-refractivity contribution < 1.29 is 19.1 Å².